The van der Waals surface area contributed by atoms with Crippen LogP contribution < -0.4 is 5.73 Å². The van der Waals surface area contributed by atoms with E-state index in [1.807, 2.05) is 12.1 Å². The molecule has 0 amide bonds. The summed E-state index contributed by atoms with van der Waals surface area (Å²) in [5.41, 5.74) is 7.80. The van der Waals surface area contributed by atoms with Crippen molar-refractivity contribution in [3.63, 3.8) is 0 Å². The quantitative estimate of drug-likeness (QED) is 0.678. The number of nitrogens with two attached hydrogens (primary N) is 1. The second-order valence-corrected chi connectivity index (χ2v) is 4.16. The highest BCUT2D eigenvalue weighted by molar-refractivity contribution is 5.74. The van der Waals surface area contributed by atoms with Crippen LogP contribution in [0.2, 0.25) is 0 Å². The van der Waals surface area contributed by atoms with Crippen molar-refractivity contribution >= 4 is 11.7 Å². The Bertz CT molecular complexity index is 567. The Morgan fingerprint density at radius 3 is 2.47 bits per heavy atom. The molecule has 4 heteroatoms. The Hall–Kier alpha value is -2.36. The third-order valence-electron chi connectivity index (χ3n) is 2.70. The van der Waals surface area contributed by atoms with Gasteiger partial charge in [-0.15, -0.1) is 0 Å². The van der Waals surface area contributed by atoms with Crippen LogP contribution in [0, 0.1) is 5.82 Å². The van der Waals surface area contributed by atoms with Crippen molar-refractivity contribution in [2.75, 3.05) is 5.73 Å². The summed E-state index contributed by atoms with van der Waals surface area (Å²) in [6, 6.07) is 13.0. The number of esters is 1. The molecule has 0 saturated heterocycles. The summed E-state index contributed by atoms with van der Waals surface area (Å²) < 4.78 is 17.8. The van der Waals surface area contributed by atoms with Gasteiger partial charge in [-0.05, 0) is 29.3 Å². The van der Waals surface area contributed by atoms with E-state index in [1.54, 1.807) is 24.3 Å². The Labute approximate surface area is 110 Å². The number of carbonyl (C=O) groups is 1. The molecule has 0 heterocycles. The molecule has 0 spiro atoms. The van der Waals surface area contributed by atoms with Crippen molar-refractivity contribution in [3.05, 3.63) is 65.5 Å². The first kappa shape index (κ1) is 13.1. The molecule has 0 fully saturated rings. The molecule has 3 nitrogen and oxygen atoms in total. The Morgan fingerprint density at radius 2 is 1.79 bits per heavy atom. The van der Waals surface area contributed by atoms with Gasteiger partial charge in [-0.1, -0.05) is 30.3 Å². The van der Waals surface area contributed by atoms with Crippen molar-refractivity contribution in [2.45, 2.75) is 13.0 Å². The maximum Gasteiger partial charge on any atom is 0.310 e. The average Bonchev–Trinajstić information content (AvgIpc) is 2.41. The third kappa shape index (κ3) is 3.81. The van der Waals surface area contributed by atoms with E-state index < -0.39 is 0 Å². The van der Waals surface area contributed by atoms with Crippen molar-refractivity contribution in [1.29, 1.82) is 0 Å². The van der Waals surface area contributed by atoms with E-state index in [4.69, 9.17) is 10.5 Å². The van der Waals surface area contributed by atoms with E-state index in [1.165, 1.54) is 12.1 Å². The summed E-state index contributed by atoms with van der Waals surface area (Å²) in [5.74, 6) is -0.672. The molecule has 0 radical (unpaired) electrons. The van der Waals surface area contributed by atoms with Gasteiger partial charge in [-0.25, -0.2) is 4.39 Å². The maximum atomic E-state index is 12.7. The van der Waals surface area contributed by atoms with Gasteiger partial charge in [-0.3, -0.25) is 4.79 Å². The fourth-order valence-corrected chi connectivity index (χ4v) is 1.65. The molecular weight excluding hydrogens is 245 g/mol. The number of anilines is 1. The average molecular weight is 259 g/mol. The van der Waals surface area contributed by atoms with E-state index in [2.05, 4.69) is 0 Å². The molecule has 19 heavy (non-hydrogen) atoms. The van der Waals surface area contributed by atoms with Crippen LogP contribution >= 0.6 is 0 Å². The van der Waals surface area contributed by atoms with Crippen LogP contribution in [-0.2, 0) is 22.6 Å². The standard InChI is InChI=1S/C15H14FNO2/c16-13-7-5-11(6-8-13)10-19-15(18)9-12-3-1-2-4-14(12)17/h1-8H,9-10,17H2. The lowest BCUT2D eigenvalue weighted by atomic mass is 10.1. The fraction of sp³-hybridized carbons (Fsp3) is 0.133. The zero-order chi connectivity index (χ0) is 13.7. The monoisotopic (exact) mass is 259 g/mol. The predicted molar refractivity (Wildman–Crippen MR) is 70.8 cm³/mol. The number of hydrogen-bond acceptors (Lipinski definition) is 3. The number of rotatable bonds is 4. The molecule has 2 N–H and O–H groups in total. The normalized spacial score (nSPS) is 10.2. The zero-order valence-corrected chi connectivity index (χ0v) is 10.3. The van der Waals surface area contributed by atoms with Gasteiger partial charge in [0.2, 0.25) is 0 Å². The summed E-state index contributed by atoms with van der Waals surface area (Å²) in [4.78, 5) is 11.7. The van der Waals surface area contributed by atoms with Crippen LogP contribution in [-0.4, -0.2) is 5.97 Å². The summed E-state index contributed by atoms with van der Waals surface area (Å²) in [6.07, 6.45) is 0.133. The van der Waals surface area contributed by atoms with Gasteiger partial charge in [-0.2, -0.15) is 0 Å². The number of hydrogen-bond donors (Lipinski definition) is 1. The largest absolute Gasteiger partial charge is 0.461 e. The predicted octanol–water partition coefficient (Wildman–Crippen LogP) is 2.69. The van der Waals surface area contributed by atoms with E-state index >= 15 is 0 Å². The highest BCUT2D eigenvalue weighted by Gasteiger charge is 2.07. The summed E-state index contributed by atoms with van der Waals surface area (Å²) >= 11 is 0. The van der Waals surface area contributed by atoms with Crippen LogP contribution in [0.15, 0.2) is 48.5 Å². The summed E-state index contributed by atoms with van der Waals surface area (Å²) in [5, 5.41) is 0. The fourth-order valence-electron chi connectivity index (χ4n) is 1.65. The molecule has 0 unspecified atom stereocenters. The van der Waals surface area contributed by atoms with Crippen LogP contribution in [0.3, 0.4) is 0 Å². The molecular formula is C15H14FNO2. The molecule has 2 rings (SSSR count). The molecule has 0 aliphatic carbocycles. The van der Waals surface area contributed by atoms with Gasteiger partial charge in [0, 0.05) is 5.69 Å². The Morgan fingerprint density at radius 1 is 1.11 bits per heavy atom. The molecule has 2 aromatic rings. The highest BCUT2D eigenvalue weighted by Crippen LogP contribution is 2.12. The van der Waals surface area contributed by atoms with E-state index in [9.17, 15) is 9.18 Å². The molecule has 2 aromatic carbocycles. The Kier molecular flexibility index (Phi) is 4.13. The maximum absolute atomic E-state index is 12.7. The minimum Gasteiger partial charge on any atom is -0.461 e. The van der Waals surface area contributed by atoms with Gasteiger partial charge in [0.05, 0.1) is 6.42 Å². The summed E-state index contributed by atoms with van der Waals surface area (Å²) in [6.45, 7) is 0.131. The van der Waals surface area contributed by atoms with Crippen molar-refractivity contribution in [2.24, 2.45) is 0 Å². The number of para-hydroxylation sites is 1. The third-order valence-corrected chi connectivity index (χ3v) is 2.70. The first-order valence-electron chi connectivity index (χ1n) is 5.88. The van der Waals surface area contributed by atoms with Crippen LogP contribution in [0.25, 0.3) is 0 Å². The molecule has 0 aliphatic rings. The molecule has 98 valence electrons. The van der Waals surface area contributed by atoms with Crippen LogP contribution in [0.1, 0.15) is 11.1 Å². The van der Waals surface area contributed by atoms with Gasteiger partial charge in [0.25, 0.3) is 0 Å². The second-order valence-electron chi connectivity index (χ2n) is 4.16. The SMILES string of the molecule is Nc1ccccc1CC(=O)OCc1ccc(F)cc1. The number of benzene rings is 2. The number of nitrogen functional groups attached to an aromatic ring is 1. The highest BCUT2D eigenvalue weighted by atomic mass is 19.1. The van der Waals surface area contributed by atoms with Crippen LogP contribution in [0.4, 0.5) is 10.1 Å². The van der Waals surface area contributed by atoms with E-state index in [0.29, 0.717) is 5.69 Å². The van der Waals surface area contributed by atoms with Gasteiger partial charge in [0.15, 0.2) is 0 Å². The summed E-state index contributed by atoms with van der Waals surface area (Å²) in [7, 11) is 0. The van der Waals surface area contributed by atoms with Crippen molar-refractivity contribution in [3.8, 4) is 0 Å². The topological polar surface area (TPSA) is 52.3 Å². The molecule has 0 bridgehead atoms. The molecule has 0 saturated carbocycles. The van der Waals surface area contributed by atoms with Crippen LogP contribution in [0.5, 0.6) is 0 Å². The lowest BCUT2D eigenvalue weighted by molar-refractivity contribution is -0.144. The van der Waals surface area contributed by atoms with Crippen molar-refractivity contribution in [1.82, 2.24) is 0 Å². The van der Waals surface area contributed by atoms with Gasteiger partial charge < -0.3 is 10.5 Å². The number of ether oxygens (including phenoxy) is 1. The number of halogens is 1. The first-order valence-corrected chi connectivity index (χ1v) is 5.88. The second kappa shape index (κ2) is 6.00. The van der Waals surface area contributed by atoms with Gasteiger partial charge in [0.1, 0.15) is 12.4 Å². The minimum absolute atomic E-state index is 0.131. The zero-order valence-electron chi connectivity index (χ0n) is 10.3. The number of carbonyl (C=O) groups excluding carboxylic acids is 1. The van der Waals surface area contributed by atoms with E-state index in [0.717, 1.165) is 11.1 Å². The first-order chi connectivity index (χ1) is 9.15. The molecule has 0 atom stereocenters. The molecule has 0 aliphatic heterocycles. The lowest BCUT2D eigenvalue weighted by Gasteiger charge is -2.06. The lowest BCUT2D eigenvalue weighted by Crippen LogP contribution is -2.09. The van der Waals surface area contributed by atoms with E-state index in [-0.39, 0.29) is 24.8 Å². The molecule has 0 aromatic heterocycles. The minimum atomic E-state index is -0.359. The van der Waals surface area contributed by atoms with Crippen molar-refractivity contribution < 1.29 is 13.9 Å². The smallest absolute Gasteiger partial charge is 0.310 e. The Balaban J connectivity index is 1.88. The van der Waals surface area contributed by atoms with Gasteiger partial charge >= 0.3 is 5.97 Å².